The third kappa shape index (κ3) is 4.16. The number of aromatic nitrogens is 2. The molecule has 7 heteroatoms. The van der Waals surface area contributed by atoms with Gasteiger partial charge < -0.3 is 5.11 Å². The van der Waals surface area contributed by atoms with Crippen molar-refractivity contribution in [3.05, 3.63) is 53.3 Å². The fourth-order valence-corrected chi connectivity index (χ4v) is 3.42. The second-order valence-corrected chi connectivity index (χ2v) is 7.49. The zero-order valence-corrected chi connectivity index (χ0v) is 13.8. The Bertz CT molecular complexity index is 751. The SMILES string of the molecule is Cc1ccccc1CS(=O)(=O)NCC(C)(O)c1cnn(C)c1. The van der Waals surface area contributed by atoms with Gasteiger partial charge in [0, 0.05) is 25.4 Å². The summed E-state index contributed by atoms with van der Waals surface area (Å²) in [7, 11) is -1.79. The molecule has 2 rings (SSSR count). The van der Waals surface area contributed by atoms with E-state index in [0.717, 1.165) is 11.1 Å². The largest absolute Gasteiger partial charge is 0.384 e. The van der Waals surface area contributed by atoms with Crippen molar-refractivity contribution in [3.8, 4) is 0 Å². The number of hydrogen-bond donors (Lipinski definition) is 2. The number of nitrogens with zero attached hydrogens (tertiary/aromatic N) is 2. The molecule has 0 saturated carbocycles. The fraction of sp³-hybridized carbons (Fsp3) is 0.400. The second kappa shape index (κ2) is 6.20. The van der Waals surface area contributed by atoms with Crippen LogP contribution in [0, 0.1) is 6.92 Å². The number of nitrogens with one attached hydrogen (secondary N) is 1. The molecule has 1 heterocycles. The van der Waals surface area contributed by atoms with Crippen LogP contribution in [-0.2, 0) is 28.4 Å². The lowest BCUT2D eigenvalue weighted by Gasteiger charge is -2.22. The van der Waals surface area contributed by atoms with Crippen molar-refractivity contribution in [2.45, 2.75) is 25.2 Å². The first-order valence-electron chi connectivity index (χ1n) is 6.93. The van der Waals surface area contributed by atoms with E-state index in [4.69, 9.17) is 0 Å². The summed E-state index contributed by atoms with van der Waals surface area (Å²) in [5.74, 6) is -0.108. The molecule has 1 aromatic carbocycles. The Balaban J connectivity index is 2.05. The van der Waals surface area contributed by atoms with E-state index in [0.29, 0.717) is 5.56 Å². The fourth-order valence-electron chi connectivity index (χ4n) is 2.08. The molecule has 22 heavy (non-hydrogen) atoms. The maximum Gasteiger partial charge on any atom is 0.215 e. The molecule has 1 unspecified atom stereocenters. The summed E-state index contributed by atoms with van der Waals surface area (Å²) in [4.78, 5) is 0. The quantitative estimate of drug-likeness (QED) is 0.832. The van der Waals surface area contributed by atoms with Crippen molar-refractivity contribution in [1.29, 1.82) is 0 Å². The van der Waals surface area contributed by atoms with Gasteiger partial charge in [-0.05, 0) is 25.0 Å². The van der Waals surface area contributed by atoms with Crippen LogP contribution in [0.1, 0.15) is 23.6 Å². The number of aliphatic hydroxyl groups is 1. The van der Waals surface area contributed by atoms with Crippen LogP contribution >= 0.6 is 0 Å². The van der Waals surface area contributed by atoms with Gasteiger partial charge in [-0.1, -0.05) is 24.3 Å². The Labute approximate surface area is 130 Å². The van der Waals surface area contributed by atoms with Gasteiger partial charge in [0.2, 0.25) is 10.0 Å². The number of sulfonamides is 1. The van der Waals surface area contributed by atoms with Crippen molar-refractivity contribution < 1.29 is 13.5 Å². The van der Waals surface area contributed by atoms with E-state index in [1.165, 1.54) is 6.20 Å². The molecule has 0 saturated heterocycles. The Morgan fingerprint density at radius 1 is 1.36 bits per heavy atom. The van der Waals surface area contributed by atoms with E-state index >= 15 is 0 Å². The van der Waals surface area contributed by atoms with Crippen molar-refractivity contribution in [2.75, 3.05) is 6.54 Å². The monoisotopic (exact) mass is 323 g/mol. The van der Waals surface area contributed by atoms with Gasteiger partial charge in [0.25, 0.3) is 0 Å². The van der Waals surface area contributed by atoms with Gasteiger partial charge in [-0.3, -0.25) is 4.68 Å². The Morgan fingerprint density at radius 3 is 2.64 bits per heavy atom. The maximum absolute atomic E-state index is 12.2. The van der Waals surface area contributed by atoms with Gasteiger partial charge >= 0.3 is 0 Å². The maximum atomic E-state index is 12.2. The van der Waals surface area contributed by atoms with Crippen LogP contribution in [0.15, 0.2) is 36.7 Å². The van der Waals surface area contributed by atoms with Crippen molar-refractivity contribution in [2.24, 2.45) is 7.05 Å². The molecular formula is C15H21N3O3S. The third-order valence-electron chi connectivity index (χ3n) is 3.57. The average Bonchev–Trinajstić information content (AvgIpc) is 2.87. The van der Waals surface area contributed by atoms with Crippen LogP contribution in [0.4, 0.5) is 0 Å². The van der Waals surface area contributed by atoms with Gasteiger partial charge in [0.15, 0.2) is 0 Å². The first-order chi connectivity index (χ1) is 10.2. The summed E-state index contributed by atoms with van der Waals surface area (Å²) in [5, 5.41) is 14.4. The van der Waals surface area contributed by atoms with Crippen LogP contribution in [-0.4, -0.2) is 29.8 Å². The predicted octanol–water partition coefficient (Wildman–Crippen LogP) is 1.06. The van der Waals surface area contributed by atoms with E-state index in [9.17, 15) is 13.5 Å². The van der Waals surface area contributed by atoms with E-state index in [2.05, 4.69) is 9.82 Å². The van der Waals surface area contributed by atoms with Crippen LogP contribution in [0.5, 0.6) is 0 Å². The number of hydrogen-bond acceptors (Lipinski definition) is 4. The molecule has 0 fully saturated rings. The lowest BCUT2D eigenvalue weighted by Crippen LogP contribution is -2.39. The van der Waals surface area contributed by atoms with Crippen LogP contribution in [0.25, 0.3) is 0 Å². The van der Waals surface area contributed by atoms with Crippen molar-refractivity contribution in [1.82, 2.24) is 14.5 Å². The molecule has 2 N–H and O–H groups in total. The lowest BCUT2D eigenvalue weighted by atomic mass is 10.0. The molecule has 0 aliphatic rings. The highest BCUT2D eigenvalue weighted by atomic mass is 32.2. The van der Waals surface area contributed by atoms with Gasteiger partial charge in [-0.15, -0.1) is 0 Å². The average molecular weight is 323 g/mol. The van der Waals surface area contributed by atoms with Crippen molar-refractivity contribution >= 4 is 10.0 Å². The molecule has 0 spiro atoms. The highest BCUT2D eigenvalue weighted by molar-refractivity contribution is 7.88. The third-order valence-corrected chi connectivity index (χ3v) is 4.85. The summed E-state index contributed by atoms with van der Waals surface area (Å²) < 4.78 is 28.4. The Hall–Kier alpha value is -1.70. The molecular weight excluding hydrogens is 302 g/mol. The number of rotatable bonds is 6. The zero-order valence-electron chi connectivity index (χ0n) is 12.9. The van der Waals surface area contributed by atoms with Crippen LogP contribution in [0.2, 0.25) is 0 Å². The molecule has 0 aliphatic carbocycles. The van der Waals surface area contributed by atoms with E-state index in [1.54, 1.807) is 30.9 Å². The Morgan fingerprint density at radius 2 is 2.05 bits per heavy atom. The van der Waals surface area contributed by atoms with Crippen molar-refractivity contribution in [3.63, 3.8) is 0 Å². The lowest BCUT2D eigenvalue weighted by molar-refractivity contribution is 0.0626. The minimum Gasteiger partial charge on any atom is -0.384 e. The topological polar surface area (TPSA) is 84.2 Å². The van der Waals surface area contributed by atoms with Gasteiger partial charge in [-0.2, -0.15) is 5.10 Å². The predicted molar refractivity (Wildman–Crippen MR) is 84.6 cm³/mol. The first-order valence-corrected chi connectivity index (χ1v) is 8.58. The van der Waals surface area contributed by atoms with Crippen LogP contribution < -0.4 is 4.72 Å². The summed E-state index contributed by atoms with van der Waals surface area (Å²) in [6.45, 7) is 3.32. The summed E-state index contributed by atoms with van der Waals surface area (Å²) in [6, 6.07) is 7.33. The number of aryl methyl sites for hydroxylation is 2. The standard InChI is InChI=1S/C15H21N3O3S/c1-12-6-4-5-7-13(12)10-22(20,21)17-11-15(2,19)14-8-16-18(3)9-14/h4-9,17,19H,10-11H2,1-3H3. The van der Waals surface area contributed by atoms with E-state index < -0.39 is 15.6 Å². The molecule has 0 bridgehead atoms. The Kier molecular flexibility index (Phi) is 4.69. The van der Waals surface area contributed by atoms with E-state index in [1.807, 2.05) is 25.1 Å². The van der Waals surface area contributed by atoms with Crippen LogP contribution in [0.3, 0.4) is 0 Å². The van der Waals surface area contributed by atoms with E-state index in [-0.39, 0.29) is 12.3 Å². The summed E-state index contributed by atoms with van der Waals surface area (Å²) in [6.07, 6.45) is 3.19. The highest BCUT2D eigenvalue weighted by Gasteiger charge is 2.27. The smallest absolute Gasteiger partial charge is 0.215 e. The highest BCUT2D eigenvalue weighted by Crippen LogP contribution is 2.19. The van der Waals surface area contributed by atoms with Gasteiger partial charge in [0.05, 0.1) is 11.9 Å². The van der Waals surface area contributed by atoms with Gasteiger partial charge in [-0.25, -0.2) is 13.1 Å². The molecule has 0 aliphatic heterocycles. The van der Waals surface area contributed by atoms with Gasteiger partial charge in [0.1, 0.15) is 5.60 Å². The second-order valence-electron chi connectivity index (χ2n) is 5.68. The number of benzene rings is 1. The zero-order chi connectivity index (χ0) is 16.4. The summed E-state index contributed by atoms with van der Waals surface area (Å²) in [5.41, 5.74) is 0.920. The minimum absolute atomic E-state index is 0.104. The summed E-state index contributed by atoms with van der Waals surface area (Å²) >= 11 is 0. The molecule has 1 aromatic heterocycles. The first kappa shape index (κ1) is 16.7. The minimum atomic E-state index is -3.53. The molecule has 2 aromatic rings. The normalized spacial score (nSPS) is 14.7. The molecule has 120 valence electrons. The molecule has 0 radical (unpaired) electrons. The molecule has 6 nitrogen and oxygen atoms in total. The molecule has 1 atom stereocenters. The molecule has 0 amide bonds.